The molecule has 0 aliphatic carbocycles. The van der Waals surface area contributed by atoms with Crippen molar-refractivity contribution in [1.82, 2.24) is 0 Å². The van der Waals surface area contributed by atoms with Gasteiger partial charge in [0.25, 0.3) is 10.1 Å². The summed E-state index contributed by atoms with van der Waals surface area (Å²) in [6, 6.07) is 6.57. The lowest BCUT2D eigenvalue weighted by Crippen LogP contribution is -2.10. The molecule has 0 saturated heterocycles. The maximum Gasteiger partial charge on any atom is 0.296 e. The Hall–Kier alpha value is -0.910. The Labute approximate surface area is 109 Å². The highest BCUT2D eigenvalue weighted by atomic mass is 32.2. The lowest BCUT2D eigenvalue weighted by Gasteiger charge is -2.10. The van der Waals surface area contributed by atoms with Crippen LogP contribution in [0.4, 0.5) is 0 Å². The van der Waals surface area contributed by atoms with E-state index >= 15 is 0 Å². The molecular weight excluding hydrogens is 252 g/mol. The zero-order chi connectivity index (χ0) is 13.6. The highest BCUT2D eigenvalue weighted by Gasteiger charge is 2.15. The molecule has 0 aliphatic heterocycles. The van der Waals surface area contributed by atoms with Crippen LogP contribution in [0.2, 0.25) is 0 Å². The molecule has 0 saturated carbocycles. The molecular formula is C13H20O4S. The van der Waals surface area contributed by atoms with E-state index in [1.54, 1.807) is 24.3 Å². The maximum atomic E-state index is 11.8. The second-order valence-electron chi connectivity index (χ2n) is 4.50. The van der Waals surface area contributed by atoms with E-state index in [2.05, 4.69) is 0 Å². The number of hydrogen-bond acceptors (Lipinski definition) is 4. The van der Waals surface area contributed by atoms with Crippen LogP contribution in [0.1, 0.15) is 25.3 Å². The van der Waals surface area contributed by atoms with E-state index in [4.69, 9.17) is 9.29 Å². The summed E-state index contributed by atoms with van der Waals surface area (Å²) in [5, 5.41) is 8.74. The Morgan fingerprint density at radius 1 is 1.22 bits per heavy atom. The van der Waals surface area contributed by atoms with Crippen molar-refractivity contribution in [3.05, 3.63) is 29.8 Å². The Balaban J connectivity index is 2.52. The number of benzene rings is 1. The third kappa shape index (κ3) is 4.76. The molecule has 5 heteroatoms. The van der Waals surface area contributed by atoms with Crippen molar-refractivity contribution in [2.24, 2.45) is 5.92 Å². The number of aliphatic hydroxyl groups is 1. The lowest BCUT2D eigenvalue weighted by atomic mass is 10.1. The van der Waals surface area contributed by atoms with Crippen LogP contribution in [-0.4, -0.2) is 26.7 Å². The van der Waals surface area contributed by atoms with E-state index in [0.717, 1.165) is 5.56 Å². The molecule has 1 unspecified atom stereocenters. The zero-order valence-corrected chi connectivity index (χ0v) is 11.6. The van der Waals surface area contributed by atoms with Gasteiger partial charge in [-0.1, -0.05) is 24.6 Å². The predicted molar refractivity (Wildman–Crippen MR) is 69.8 cm³/mol. The molecule has 0 amide bonds. The molecule has 102 valence electrons. The topological polar surface area (TPSA) is 63.6 Å². The second kappa shape index (κ2) is 6.87. The maximum absolute atomic E-state index is 11.8. The molecule has 0 aromatic heterocycles. The van der Waals surface area contributed by atoms with E-state index in [1.165, 1.54) is 0 Å². The van der Waals surface area contributed by atoms with Crippen LogP contribution in [0.5, 0.6) is 0 Å². The monoisotopic (exact) mass is 272 g/mol. The second-order valence-corrected chi connectivity index (χ2v) is 6.11. The molecule has 0 radical (unpaired) electrons. The molecule has 1 rings (SSSR count). The first-order valence-corrected chi connectivity index (χ1v) is 7.43. The Kier molecular flexibility index (Phi) is 5.78. The van der Waals surface area contributed by atoms with Crippen molar-refractivity contribution in [3.8, 4) is 0 Å². The average Bonchev–Trinajstić information content (AvgIpc) is 2.29. The fourth-order valence-electron chi connectivity index (χ4n) is 1.50. The van der Waals surface area contributed by atoms with Gasteiger partial charge < -0.3 is 5.11 Å². The number of aliphatic hydroxyl groups excluding tert-OH is 1. The van der Waals surface area contributed by atoms with Gasteiger partial charge in [-0.25, -0.2) is 0 Å². The predicted octanol–water partition coefficient (Wildman–Crippen LogP) is 2.11. The Bertz CT molecular complexity index is 450. The summed E-state index contributed by atoms with van der Waals surface area (Å²) >= 11 is 0. The van der Waals surface area contributed by atoms with Crippen LogP contribution in [0.15, 0.2) is 29.2 Å². The normalized spacial score (nSPS) is 13.5. The summed E-state index contributed by atoms with van der Waals surface area (Å²) in [6.45, 7) is 4.12. The Morgan fingerprint density at radius 3 is 2.39 bits per heavy atom. The van der Waals surface area contributed by atoms with E-state index in [9.17, 15) is 8.42 Å². The van der Waals surface area contributed by atoms with Gasteiger partial charge >= 0.3 is 0 Å². The largest absolute Gasteiger partial charge is 0.396 e. The summed E-state index contributed by atoms with van der Waals surface area (Å²) < 4.78 is 28.6. The van der Waals surface area contributed by atoms with Gasteiger partial charge in [-0.05, 0) is 37.8 Å². The third-order valence-corrected chi connectivity index (χ3v) is 4.11. The van der Waals surface area contributed by atoms with Crippen LogP contribution in [-0.2, 0) is 14.3 Å². The van der Waals surface area contributed by atoms with Crippen LogP contribution in [0.3, 0.4) is 0 Å². The Morgan fingerprint density at radius 2 is 1.83 bits per heavy atom. The molecule has 0 fully saturated rings. The molecule has 0 heterocycles. The van der Waals surface area contributed by atoms with Crippen molar-refractivity contribution >= 4 is 10.1 Å². The van der Waals surface area contributed by atoms with Crippen molar-refractivity contribution in [3.63, 3.8) is 0 Å². The molecule has 1 atom stereocenters. The van der Waals surface area contributed by atoms with Gasteiger partial charge in [0, 0.05) is 6.61 Å². The van der Waals surface area contributed by atoms with Gasteiger partial charge in [-0.2, -0.15) is 8.42 Å². The van der Waals surface area contributed by atoms with Gasteiger partial charge in [0.2, 0.25) is 0 Å². The number of rotatable bonds is 7. The van der Waals surface area contributed by atoms with Crippen molar-refractivity contribution in [2.75, 3.05) is 13.2 Å². The SMILES string of the molecule is Cc1ccc(S(=O)(=O)OCCC(C)CCO)cc1. The molecule has 18 heavy (non-hydrogen) atoms. The molecule has 1 aromatic rings. The summed E-state index contributed by atoms with van der Waals surface area (Å²) in [4.78, 5) is 0.183. The van der Waals surface area contributed by atoms with Gasteiger partial charge in [-0.15, -0.1) is 0 Å². The summed E-state index contributed by atoms with van der Waals surface area (Å²) in [5.74, 6) is 0.253. The average molecular weight is 272 g/mol. The first-order valence-electron chi connectivity index (χ1n) is 6.02. The summed E-state index contributed by atoms with van der Waals surface area (Å²) in [7, 11) is -3.65. The minimum absolute atomic E-state index is 0.117. The number of aryl methyl sites for hydroxylation is 1. The van der Waals surface area contributed by atoms with Crippen molar-refractivity contribution < 1.29 is 17.7 Å². The van der Waals surface area contributed by atoms with Crippen LogP contribution < -0.4 is 0 Å². The minimum Gasteiger partial charge on any atom is -0.396 e. The quantitative estimate of drug-likeness (QED) is 0.772. The smallest absolute Gasteiger partial charge is 0.296 e. The van der Waals surface area contributed by atoms with Gasteiger partial charge in [0.15, 0.2) is 0 Å². The van der Waals surface area contributed by atoms with E-state index in [1.807, 2.05) is 13.8 Å². The van der Waals surface area contributed by atoms with Crippen LogP contribution in [0, 0.1) is 12.8 Å². The lowest BCUT2D eigenvalue weighted by molar-refractivity contribution is 0.235. The standard InChI is InChI=1S/C13H20O4S/c1-11-3-5-13(6-4-11)18(15,16)17-10-8-12(2)7-9-14/h3-6,12,14H,7-10H2,1-2H3. The summed E-state index contributed by atoms with van der Waals surface area (Å²) in [6.07, 6.45) is 1.28. The van der Waals surface area contributed by atoms with Crippen molar-refractivity contribution in [1.29, 1.82) is 0 Å². The fraction of sp³-hybridized carbons (Fsp3) is 0.538. The molecule has 0 aliphatic rings. The minimum atomic E-state index is -3.65. The van der Waals surface area contributed by atoms with Gasteiger partial charge in [0.05, 0.1) is 11.5 Å². The highest BCUT2D eigenvalue weighted by molar-refractivity contribution is 7.86. The van der Waals surface area contributed by atoms with Gasteiger partial charge in [0.1, 0.15) is 0 Å². The fourth-order valence-corrected chi connectivity index (χ4v) is 2.42. The first kappa shape index (κ1) is 15.1. The first-order chi connectivity index (χ1) is 8.45. The zero-order valence-electron chi connectivity index (χ0n) is 10.8. The molecule has 0 bridgehead atoms. The van der Waals surface area contributed by atoms with E-state index in [0.29, 0.717) is 12.8 Å². The van der Waals surface area contributed by atoms with E-state index < -0.39 is 10.1 Å². The van der Waals surface area contributed by atoms with Crippen LogP contribution in [0.25, 0.3) is 0 Å². The molecule has 1 aromatic carbocycles. The highest BCUT2D eigenvalue weighted by Crippen LogP contribution is 2.15. The van der Waals surface area contributed by atoms with E-state index in [-0.39, 0.29) is 24.0 Å². The summed E-state index contributed by atoms with van der Waals surface area (Å²) in [5.41, 5.74) is 1.01. The molecule has 0 spiro atoms. The number of hydrogen-bond donors (Lipinski definition) is 1. The van der Waals surface area contributed by atoms with Gasteiger partial charge in [-0.3, -0.25) is 4.18 Å². The third-order valence-electron chi connectivity index (χ3n) is 2.78. The molecule has 1 N–H and O–H groups in total. The molecule has 4 nitrogen and oxygen atoms in total. The van der Waals surface area contributed by atoms with Crippen molar-refractivity contribution in [2.45, 2.75) is 31.6 Å². The van der Waals surface area contributed by atoms with Crippen LogP contribution >= 0.6 is 0 Å².